The highest BCUT2D eigenvalue weighted by atomic mass is 32.2. The highest BCUT2D eigenvalue weighted by Crippen LogP contribution is 2.23. The van der Waals surface area contributed by atoms with Crippen molar-refractivity contribution in [2.75, 3.05) is 27.2 Å². The Morgan fingerprint density at radius 3 is 2.76 bits per heavy atom. The van der Waals surface area contributed by atoms with Crippen LogP contribution >= 0.6 is 11.3 Å². The predicted molar refractivity (Wildman–Crippen MR) is 67.4 cm³/mol. The van der Waals surface area contributed by atoms with Gasteiger partial charge in [0.25, 0.3) is 10.0 Å². The topological polar surface area (TPSA) is 73.2 Å². The SMILES string of the molecule is CNCCCN(C)S(=O)(=O)c1ccc(C#N)s1. The van der Waals surface area contributed by atoms with Crippen LogP contribution in [-0.4, -0.2) is 39.9 Å². The Morgan fingerprint density at radius 2 is 2.24 bits per heavy atom. The fourth-order valence-corrected chi connectivity index (χ4v) is 3.79. The summed E-state index contributed by atoms with van der Waals surface area (Å²) in [6.45, 7) is 1.23. The van der Waals surface area contributed by atoms with E-state index in [9.17, 15) is 8.42 Å². The summed E-state index contributed by atoms with van der Waals surface area (Å²) in [5, 5.41) is 11.6. The summed E-state index contributed by atoms with van der Waals surface area (Å²) in [5.41, 5.74) is 0. The summed E-state index contributed by atoms with van der Waals surface area (Å²) in [5.74, 6) is 0. The quantitative estimate of drug-likeness (QED) is 0.780. The maximum Gasteiger partial charge on any atom is 0.252 e. The van der Waals surface area contributed by atoms with E-state index in [4.69, 9.17) is 5.26 Å². The molecule has 0 aromatic carbocycles. The molecule has 0 spiro atoms. The second-order valence-corrected chi connectivity index (χ2v) is 6.87. The van der Waals surface area contributed by atoms with Crippen LogP contribution in [0, 0.1) is 11.3 Å². The molecule has 1 N–H and O–H groups in total. The molecule has 1 rings (SSSR count). The Balaban J connectivity index is 2.77. The highest BCUT2D eigenvalue weighted by Gasteiger charge is 2.22. The summed E-state index contributed by atoms with van der Waals surface area (Å²) < 4.78 is 25.7. The lowest BCUT2D eigenvalue weighted by atomic mass is 10.4. The number of nitriles is 1. The van der Waals surface area contributed by atoms with Crippen molar-refractivity contribution in [3.63, 3.8) is 0 Å². The molecule has 7 heteroatoms. The van der Waals surface area contributed by atoms with Gasteiger partial charge in [0.2, 0.25) is 0 Å². The van der Waals surface area contributed by atoms with E-state index < -0.39 is 10.0 Å². The lowest BCUT2D eigenvalue weighted by Gasteiger charge is -2.15. The van der Waals surface area contributed by atoms with Crippen molar-refractivity contribution in [1.82, 2.24) is 9.62 Å². The largest absolute Gasteiger partial charge is 0.320 e. The summed E-state index contributed by atoms with van der Waals surface area (Å²) >= 11 is 1.00. The first-order chi connectivity index (χ1) is 8.02. The second-order valence-electron chi connectivity index (χ2n) is 3.51. The average Bonchev–Trinajstić information content (AvgIpc) is 2.78. The molecule has 0 fully saturated rings. The number of sulfonamides is 1. The number of rotatable bonds is 6. The zero-order valence-corrected chi connectivity index (χ0v) is 11.4. The van der Waals surface area contributed by atoms with Gasteiger partial charge in [-0.25, -0.2) is 12.7 Å². The molecule has 0 aliphatic heterocycles. The lowest BCUT2D eigenvalue weighted by molar-refractivity contribution is 0.459. The van der Waals surface area contributed by atoms with Crippen molar-refractivity contribution in [1.29, 1.82) is 5.26 Å². The van der Waals surface area contributed by atoms with Crippen molar-refractivity contribution in [3.05, 3.63) is 17.0 Å². The number of nitrogens with zero attached hydrogens (tertiary/aromatic N) is 2. The van der Waals surface area contributed by atoms with E-state index in [1.54, 1.807) is 7.05 Å². The van der Waals surface area contributed by atoms with Crippen LogP contribution in [0.15, 0.2) is 16.3 Å². The zero-order valence-electron chi connectivity index (χ0n) is 9.80. The van der Waals surface area contributed by atoms with Crippen molar-refractivity contribution < 1.29 is 8.42 Å². The molecule has 0 saturated carbocycles. The Bertz CT molecular complexity index is 502. The maximum atomic E-state index is 12.1. The molecule has 0 saturated heterocycles. The van der Waals surface area contributed by atoms with Crippen LogP contribution in [0.25, 0.3) is 0 Å². The van der Waals surface area contributed by atoms with Gasteiger partial charge in [0, 0.05) is 13.6 Å². The van der Waals surface area contributed by atoms with Gasteiger partial charge in [-0.2, -0.15) is 5.26 Å². The monoisotopic (exact) mass is 273 g/mol. The van der Waals surface area contributed by atoms with E-state index >= 15 is 0 Å². The van der Waals surface area contributed by atoms with Crippen LogP contribution in [0.4, 0.5) is 0 Å². The van der Waals surface area contributed by atoms with Crippen molar-refractivity contribution >= 4 is 21.4 Å². The van der Waals surface area contributed by atoms with Gasteiger partial charge in [-0.15, -0.1) is 11.3 Å². The minimum Gasteiger partial charge on any atom is -0.320 e. The molecule has 1 heterocycles. The average molecular weight is 273 g/mol. The Morgan fingerprint density at radius 1 is 1.53 bits per heavy atom. The Hall–Kier alpha value is -0.940. The number of hydrogen-bond donors (Lipinski definition) is 1. The van der Waals surface area contributed by atoms with E-state index in [1.807, 2.05) is 13.1 Å². The first kappa shape index (κ1) is 14.1. The van der Waals surface area contributed by atoms with Crippen LogP contribution in [0.5, 0.6) is 0 Å². The van der Waals surface area contributed by atoms with E-state index in [2.05, 4.69) is 5.32 Å². The van der Waals surface area contributed by atoms with Gasteiger partial charge in [-0.05, 0) is 32.1 Å². The molecule has 0 unspecified atom stereocenters. The van der Waals surface area contributed by atoms with Crippen molar-refractivity contribution in [3.8, 4) is 6.07 Å². The van der Waals surface area contributed by atoms with Gasteiger partial charge in [-0.1, -0.05) is 0 Å². The fraction of sp³-hybridized carbons (Fsp3) is 0.500. The summed E-state index contributed by atoms with van der Waals surface area (Å²) in [4.78, 5) is 0.409. The molecule has 0 radical (unpaired) electrons. The lowest BCUT2D eigenvalue weighted by Crippen LogP contribution is -2.29. The second kappa shape index (κ2) is 6.12. The summed E-state index contributed by atoms with van der Waals surface area (Å²) in [6.07, 6.45) is 0.753. The minimum absolute atomic E-state index is 0.223. The molecule has 1 aromatic rings. The third-order valence-electron chi connectivity index (χ3n) is 2.26. The molecule has 0 aliphatic carbocycles. The smallest absolute Gasteiger partial charge is 0.252 e. The molecule has 94 valence electrons. The van der Waals surface area contributed by atoms with Gasteiger partial charge in [-0.3, -0.25) is 0 Å². The van der Waals surface area contributed by atoms with Crippen LogP contribution in [-0.2, 0) is 10.0 Å². The standard InChI is InChI=1S/C10H15N3O2S2/c1-12-6-3-7-13(2)17(14,15)10-5-4-9(8-11)16-10/h4-5,12H,3,6-7H2,1-2H3. The number of nitrogens with one attached hydrogen (secondary N) is 1. The summed E-state index contributed by atoms with van der Waals surface area (Å²) in [6, 6.07) is 4.94. The van der Waals surface area contributed by atoms with Gasteiger partial charge < -0.3 is 5.32 Å². The van der Waals surface area contributed by atoms with Crippen LogP contribution in [0.1, 0.15) is 11.3 Å². The molecule has 5 nitrogen and oxygen atoms in total. The summed E-state index contributed by atoms with van der Waals surface area (Å²) in [7, 11) is -0.0570. The molecule has 0 bridgehead atoms. The van der Waals surface area contributed by atoms with Crippen LogP contribution in [0.3, 0.4) is 0 Å². The van der Waals surface area contributed by atoms with Gasteiger partial charge >= 0.3 is 0 Å². The predicted octanol–water partition coefficient (Wildman–Crippen LogP) is 0.850. The molecule has 0 aliphatic rings. The van der Waals surface area contributed by atoms with E-state index in [-0.39, 0.29) is 4.21 Å². The fourth-order valence-electron chi connectivity index (χ4n) is 1.27. The highest BCUT2D eigenvalue weighted by molar-refractivity contribution is 7.91. The molecule has 0 amide bonds. The molecule has 0 atom stereocenters. The molecular weight excluding hydrogens is 258 g/mol. The molecular formula is C10H15N3O2S2. The van der Waals surface area contributed by atoms with E-state index in [1.165, 1.54) is 16.4 Å². The normalized spacial score (nSPS) is 11.6. The number of thiophene rings is 1. The Kier molecular flexibility index (Phi) is 5.08. The van der Waals surface area contributed by atoms with Crippen LogP contribution in [0.2, 0.25) is 0 Å². The van der Waals surface area contributed by atoms with Crippen molar-refractivity contribution in [2.24, 2.45) is 0 Å². The number of hydrogen-bond acceptors (Lipinski definition) is 5. The third-order valence-corrected chi connectivity index (χ3v) is 5.57. The first-order valence-corrected chi connectivity index (χ1v) is 7.39. The molecule has 17 heavy (non-hydrogen) atoms. The third kappa shape index (κ3) is 3.51. The van der Waals surface area contributed by atoms with Crippen molar-refractivity contribution in [2.45, 2.75) is 10.6 Å². The van der Waals surface area contributed by atoms with Crippen LogP contribution < -0.4 is 5.32 Å². The molecule has 1 aromatic heterocycles. The Labute approximate surface area is 106 Å². The van der Waals surface area contributed by atoms with Gasteiger partial charge in [0.15, 0.2) is 0 Å². The maximum absolute atomic E-state index is 12.1. The first-order valence-electron chi connectivity index (χ1n) is 5.13. The van der Waals surface area contributed by atoms with Gasteiger partial charge in [0.05, 0.1) is 0 Å². The van der Waals surface area contributed by atoms with E-state index in [0.717, 1.165) is 24.3 Å². The minimum atomic E-state index is -3.44. The van der Waals surface area contributed by atoms with E-state index in [0.29, 0.717) is 11.4 Å². The zero-order chi connectivity index (χ0) is 12.9. The van der Waals surface area contributed by atoms with Gasteiger partial charge in [0.1, 0.15) is 15.2 Å².